The van der Waals surface area contributed by atoms with Gasteiger partial charge in [-0.05, 0) is 37.1 Å². The number of aromatic nitrogens is 3. The van der Waals surface area contributed by atoms with Crippen LogP contribution in [0.25, 0.3) is 0 Å². The summed E-state index contributed by atoms with van der Waals surface area (Å²) in [5.74, 6) is -0.250. The van der Waals surface area contributed by atoms with E-state index in [1.807, 2.05) is 17.8 Å². The number of methoxy groups -OCH3 is 1. The summed E-state index contributed by atoms with van der Waals surface area (Å²) in [5, 5.41) is 2.62. The summed E-state index contributed by atoms with van der Waals surface area (Å²) in [5.41, 5.74) is 0.647. The van der Waals surface area contributed by atoms with Gasteiger partial charge in [0, 0.05) is 49.0 Å². The van der Waals surface area contributed by atoms with Crippen LogP contribution in [0.4, 0.5) is 10.1 Å². The number of nitrogens with zero attached hydrogens (tertiary/aromatic N) is 4. The molecule has 4 rings (SSSR count). The Labute approximate surface area is 178 Å². The Morgan fingerprint density at radius 3 is 2.65 bits per heavy atom. The first kappa shape index (κ1) is 20.5. The molecule has 1 aromatic carbocycles. The lowest BCUT2D eigenvalue weighted by Crippen LogP contribution is -2.33. The van der Waals surface area contributed by atoms with E-state index in [2.05, 4.69) is 15.3 Å². The lowest BCUT2D eigenvalue weighted by molar-refractivity contribution is 0.0723. The molecule has 2 amide bonds. The molecule has 9 heteroatoms. The number of ether oxygens (including phenoxy) is 1. The summed E-state index contributed by atoms with van der Waals surface area (Å²) >= 11 is 0. The molecule has 0 saturated heterocycles. The lowest BCUT2D eigenvalue weighted by atomic mass is 10.1. The van der Waals surface area contributed by atoms with Crippen molar-refractivity contribution in [3.8, 4) is 5.88 Å². The van der Waals surface area contributed by atoms with Gasteiger partial charge in [0.05, 0.1) is 19.2 Å². The second kappa shape index (κ2) is 8.55. The van der Waals surface area contributed by atoms with Crippen LogP contribution in [0.2, 0.25) is 0 Å². The number of hydrogen-bond acceptors (Lipinski definition) is 5. The predicted octanol–water partition coefficient (Wildman–Crippen LogP) is 3.02. The maximum atomic E-state index is 14.3. The molecular weight excluding hydrogens is 401 g/mol. The number of hydrogen-bond donors (Lipinski definition) is 1. The van der Waals surface area contributed by atoms with Crippen LogP contribution < -0.4 is 10.1 Å². The highest BCUT2D eigenvalue weighted by Gasteiger charge is 2.34. The molecule has 31 heavy (non-hydrogen) atoms. The quantitative estimate of drug-likeness (QED) is 0.631. The Balaban J connectivity index is 1.54. The zero-order chi connectivity index (χ0) is 22.0. The van der Waals surface area contributed by atoms with Crippen LogP contribution in [-0.2, 0) is 13.6 Å². The summed E-state index contributed by atoms with van der Waals surface area (Å²) in [6.07, 6.45) is 6.66. The van der Waals surface area contributed by atoms with Crippen molar-refractivity contribution in [1.29, 1.82) is 0 Å². The molecule has 8 nitrogen and oxygen atoms in total. The van der Waals surface area contributed by atoms with Gasteiger partial charge >= 0.3 is 0 Å². The van der Waals surface area contributed by atoms with Crippen molar-refractivity contribution in [2.75, 3.05) is 12.4 Å². The normalized spacial score (nSPS) is 13.0. The van der Waals surface area contributed by atoms with Crippen molar-refractivity contribution < 1.29 is 18.7 Å². The molecule has 0 bridgehead atoms. The number of aryl methyl sites for hydroxylation is 1. The summed E-state index contributed by atoms with van der Waals surface area (Å²) in [6, 6.07) is 7.05. The largest absolute Gasteiger partial charge is 0.481 e. The lowest BCUT2D eigenvalue weighted by Gasteiger charge is -2.22. The highest BCUT2D eigenvalue weighted by Crippen LogP contribution is 2.30. The number of rotatable bonds is 7. The molecule has 2 aromatic heterocycles. The monoisotopic (exact) mass is 423 g/mol. The molecule has 1 aliphatic rings. The molecule has 3 aromatic rings. The summed E-state index contributed by atoms with van der Waals surface area (Å²) in [6.45, 7) is 0.336. The van der Waals surface area contributed by atoms with Crippen LogP contribution in [0.3, 0.4) is 0 Å². The van der Waals surface area contributed by atoms with Crippen LogP contribution in [0, 0.1) is 5.82 Å². The van der Waals surface area contributed by atoms with Crippen molar-refractivity contribution >= 4 is 17.5 Å². The molecular formula is C22H22FN5O3. The molecule has 0 radical (unpaired) electrons. The second-order valence-corrected chi connectivity index (χ2v) is 7.39. The minimum absolute atomic E-state index is 0.107. The van der Waals surface area contributed by atoms with Gasteiger partial charge in [0.1, 0.15) is 11.6 Å². The first-order chi connectivity index (χ1) is 14.9. The average Bonchev–Trinajstić information content (AvgIpc) is 3.53. The molecule has 160 valence electrons. The smallest absolute Gasteiger partial charge is 0.257 e. The fourth-order valence-corrected chi connectivity index (χ4v) is 3.24. The van der Waals surface area contributed by atoms with Crippen molar-refractivity contribution in [2.45, 2.75) is 25.4 Å². The molecule has 0 spiro atoms. The van der Waals surface area contributed by atoms with Crippen LogP contribution >= 0.6 is 0 Å². The standard InChI is InChI=1S/C22H22FN5O3/c1-27-8-7-24-19(27)13-28(18-4-5-18)22(30)15-9-16(23)11-17(10-15)26-21(29)14-3-6-20(31-2)25-12-14/h3,6-12,18H,4-5,13H2,1-2H3,(H,26,29). The van der Waals surface area contributed by atoms with Crippen molar-refractivity contribution in [2.24, 2.45) is 7.05 Å². The highest BCUT2D eigenvalue weighted by atomic mass is 19.1. The summed E-state index contributed by atoms with van der Waals surface area (Å²) in [4.78, 5) is 35.6. The Kier molecular flexibility index (Phi) is 5.66. The van der Waals surface area contributed by atoms with Gasteiger partial charge in [0.25, 0.3) is 11.8 Å². The van der Waals surface area contributed by atoms with Gasteiger partial charge in [-0.3, -0.25) is 9.59 Å². The molecule has 0 aliphatic heterocycles. The number of benzene rings is 1. The third kappa shape index (κ3) is 4.71. The van der Waals surface area contributed by atoms with Crippen molar-refractivity contribution in [3.63, 3.8) is 0 Å². The average molecular weight is 423 g/mol. The Morgan fingerprint density at radius 1 is 1.23 bits per heavy atom. The van der Waals surface area contributed by atoms with Gasteiger partial charge in [-0.2, -0.15) is 0 Å². The van der Waals surface area contributed by atoms with E-state index >= 15 is 0 Å². The summed E-state index contributed by atoms with van der Waals surface area (Å²) in [7, 11) is 3.34. The predicted molar refractivity (Wildman–Crippen MR) is 111 cm³/mol. The SMILES string of the molecule is COc1ccc(C(=O)Nc2cc(F)cc(C(=O)N(Cc3nccn3C)C3CC3)c2)cn1. The van der Waals surface area contributed by atoms with E-state index in [9.17, 15) is 14.0 Å². The van der Waals surface area contributed by atoms with Crippen LogP contribution in [-0.4, -0.2) is 44.4 Å². The number of halogens is 1. The van der Waals surface area contributed by atoms with Gasteiger partial charge in [-0.15, -0.1) is 0 Å². The van der Waals surface area contributed by atoms with Gasteiger partial charge in [0.15, 0.2) is 0 Å². The molecule has 1 saturated carbocycles. The van der Waals surface area contributed by atoms with Crippen LogP contribution in [0.15, 0.2) is 48.9 Å². The molecule has 2 heterocycles. The first-order valence-corrected chi connectivity index (χ1v) is 9.84. The minimum atomic E-state index is -0.609. The maximum Gasteiger partial charge on any atom is 0.257 e. The molecule has 0 unspecified atom stereocenters. The Morgan fingerprint density at radius 2 is 2.03 bits per heavy atom. The fraction of sp³-hybridized carbons (Fsp3) is 0.273. The van der Waals surface area contributed by atoms with E-state index in [-0.39, 0.29) is 28.8 Å². The van der Waals surface area contributed by atoms with E-state index in [1.54, 1.807) is 23.2 Å². The minimum Gasteiger partial charge on any atom is -0.481 e. The number of carbonyl (C=O) groups is 2. The Hall–Kier alpha value is -3.75. The fourth-order valence-electron chi connectivity index (χ4n) is 3.24. The van der Waals surface area contributed by atoms with Gasteiger partial charge in [-0.25, -0.2) is 14.4 Å². The van der Waals surface area contributed by atoms with E-state index in [1.165, 1.54) is 31.5 Å². The number of pyridine rings is 1. The molecule has 1 fully saturated rings. The molecule has 0 atom stereocenters. The zero-order valence-corrected chi connectivity index (χ0v) is 17.2. The van der Waals surface area contributed by atoms with Crippen molar-refractivity contribution in [1.82, 2.24) is 19.4 Å². The second-order valence-electron chi connectivity index (χ2n) is 7.39. The van der Waals surface area contributed by atoms with Crippen LogP contribution in [0.5, 0.6) is 5.88 Å². The number of carbonyl (C=O) groups excluding carboxylic acids is 2. The van der Waals surface area contributed by atoms with Gasteiger partial charge < -0.3 is 19.5 Å². The van der Waals surface area contributed by atoms with E-state index in [0.717, 1.165) is 18.7 Å². The van der Waals surface area contributed by atoms with Gasteiger partial charge in [-0.1, -0.05) is 0 Å². The van der Waals surface area contributed by atoms with E-state index in [0.29, 0.717) is 12.4 Å². The highest BCUT2D eigenvalue weighted by molar-refractivity contribution is 6.05. The number of amides is 2. The number of nitrogens with one attached hydrogen (secondary N) is 1. The topological polar surface area (TPSA) is 89.4 Å². The maximum absolute atomic E-state index is 14.3. The van der Waals surface area contributed by atoms with Gasteiger partial charge in [0.2, 0.25) is 5.88 Å². The number of imidazole rings is 1. The number of anilines is 1. The molecule has 1 aliphatic carbocycles. The van der Waals surface area contributed by atoms with E-state index in [4.69, 9.17) is 4.74 Å². The third-order valence-electron chi connectivity index (χ3n) is 5.09. The van der Waals surface area contributed by atoms with Crippen molar-refractivity contribution in [3.05, 3.63) is 71.7 Å². The first-order valence-electron chi connectivity index (χ1n) is 9.84. The van der Waals surface area contributed by atoms with Crippen LogP contribution in [0.1, 0.15) is 39.4 Å². The summed E-state index contributed by atoms with van der Waals surface area (Å²) < 4.78 is 21.1. The Bertz CT molecular complexity index is 1110. The third-order valence-corrected chi connectivity index (χ3v) is 5.09. The zero-order valence-electron chi connectivity index (χ0n) is 17.2. The molecule has 1 N–H and O–H groups in total. The van der Waals surface area contributed by atoms with E-state index < -0.39 is 11.7 Å².